The first-order chi connectivity index (χ1) is 16.0. The highest BCUT2D eigenvalue weighted by Gasteiger charge is 2.22. The van der Waals surface area contributed by atoms with E-state index in [4.69, 9.17) is 10.00 Å². The first-order valence-electron chi connectivity index (χ1n) is 10.1. The van der Waals surface area contributed by atoms with Gasteiger partial charge in [0.2, 0.25) is 5.91 Å². The molecule has 8 heteroatoms. The maximum absolute atomic E-state index is 13.6. The van der Waals surface area contributed by atoms with Crippen LogP contribution in [0.15, 0.2) is 77.9 Å². The average Bonchev–Trinajstić information content (AvgIpc) is 2.84. The molecule has 2 amide bonds. The molecule has 33 heavy (non-hydrogen) atoms. The van der Waals surface area contributed by atoms with Crippen LogP contribution in [0.1, 0.15) is 23.6 Å². The van der Waals surface area contributed by atoms with Gasteiger partial charge in [0, 0.05) is 5.56 Å². The number of anilines is 1. The Kier molecular flexibility index (Phi) is 7.86. The standard InChI is InChI=1S/C25H21FN4O3/c1-17(24(31)29-23-9-5-4-8-22(23)26)25(32)30-28-15-18-10-12-21(13-11-18)33-16-20-7-3-2-6-19(20)14-27/h2-13,15,17H,16H2,1H3,(H,29,31)(H,30,32). The lowest BCUT2D eigenvalue weighted by atomic mass is 10.1. The Bertz CT molecular complexity index is 1200. The lowest BCUT2D eigenvalue weighted by molar-refractivity contribution is -0.131. The Morgan fingerprint density at radius 3 is 2.48 bits per heavy atom. The van der Waals surface area contributed by atoms with Gasteiger partial charge < -0.3 is 10.1 Å². The highest BCUT2D eigenvalue weighted by molar-refractivity contribution is 6.06. The van der Waals surface area contributed by atoms with E-state index in [9.17, 15) is 14.0 Å². The van der Waals surface area contributed by atoms with E-state index >= 15 is 0 Å². The molecule has 0 bridgehead atoms. The van der Waals surface area contributed by atoms with Gasteiger partial charge in [-0.3, -0.25) is 9.59 Å². The molecule has 0 aliphatic rings. The Morgan fingerprint density at radius 1 is 1.06 bits per heavy atom. The van der Waals surface area contributed by atoms with E-state index in [0.29, 0.717) is 16.9 Å². The minimum absolute atomic E-state index is 0.00377. The van der Waals surface area contributed by atoms with E-state index in [1.165, 1.54) is 31.3 Å². The Hall–Kier alpha value is -4.51. The number of nitriles is 1. The fourth-order valence-corrected chi connectivity index (χ4v) is 2.76. The van der Waals surface area contributed by atoms with Crippen LogP contribution < -0.4 is 15.5 Å². The van der Waals surface area contributed by atoms with Crippen LogP contribution in [0.4, 0.5) is 10.1 Å². The predicted octanol–water partition coefficient (Wildman–Crippen LogP) is 4.00. The van der Waals surface area contributed by atoms with Crippen LogP contribution in [0.25, 0.3) is 0 Å². The molecule has 0 heterocycles. The molecule has 0 spiro atoms. The van der Waals surface area contributed by atoms with E-state index in [1.54, 1.807) is 42.5 Å². The number of ether oxygens (including phenoxy) is 1. The number of hydrogen-bond donors (Lipinski definition) is 2. The first-order valence-corrected chi connectivity index (χ1v) is 10.1. The van der Waals surface area contributed by atoms with Crippen molar-refractivity contribution in [2.75, 3.05) is 5.32 Å². The Morgan fingerprint density at radius 2 is 1.76 bits per heavy atom. The number of nitrogens with one attached hydrogen (secondary N) is 2. The van der Waals surface area contributed by atoms with Crippen molar-refractivity contribution in [1.29, 1.82) is 5.26 Å². The van der Waals surface area contributed by atoms with Crippen molar-refractivity contribution in [3.8, 4) is 11.8 Å². The normalized spacial score (nSPS) is 11.4. The molecule has 0 fully saturated rings. The Balaban J connectivity index is 1.49. The van der Waals surface area contributed by atoms with Gasteiger partial charge in [0.15, 0.2) is 0 Å². The number of amides is 2. The van der Waals surface area contributed by atoms with Crippen molar-refractivity contribution in [3.63, 3.8) is 0 Å². The van der Waals surface area contributed by atoms with Crippen LogP contribution in [-0.4, -0.2) is 18.0 Å². The number of hydrazone groups is 1. The van der Waals surface area contributed by atoms with Gasteiger partial charge in [0.25, 0.3) is 5.91 Å². The van der Waals surface area contributed by atoms with Crippen molar-refractivity contribution >= 4 is 23.7 Å². The zero-order chi connectivity index (χ0) is 23.6. The fourth-order valence-electron chi connectivity index (χ4n) is 2.76. The van der Waals surface area contributed by atoms with Crippen LogP contribution in [-0.2, 0) is 16.2 Å². The lowest BCUT2D eigenvalue weighted by Crippen LogP contribution is -2.34. The maximum Gasteiger partial charge on any atom is 0.252 e. The third kappa shape index (κ3) is 6.48. The highest BCUT2D eigenvalue weighted by atomic mass is 19.1. The van der Waals surface area contributed by atoms with Gasteiger partial charge in [-0.1, -0.05) is 30.3 Å². The number of hydrogen-bond acceptors (Lipinski definition) is 5. The minimum Gasteiger partial charge on any atom is -0.489 e. The van der Waals surface area contributed by atoms with E-state index in [2.05, 4.69) is 21.9 Å². The number of carbonyl (C=O) groups excluding carboxylic acids is 2. The summed E-state index contributed by atoms with van der Waals surface area (Å²) in [5, 5.41) is 15.4. The molecule has 166 valence electrons. The van der Waals surface area contributed by atoms with Crippen LogP contribution in [0.5, 0.6) is 5.75 Å². The van der Waals surface area contributed by atoms with Crippen LogP contribution in [0.3, 0.4) is 0 Å². The molecule has 2 N–H and O–H groups in total. The summed E-state index contributed by atoms with van der Waals surface area (Å²) in [7, 11) is 0. The monoisotopic (exact) mass is 444 g/mol. The van der Waals surface area contributed by atoms with Crippen molar-refractivity contribution in [2.45, 2.75) is 13.5 Å². The number of nitrogens with zero attached hydrogens (tertiary/aromatic N) is 2. The molecule has 1 atom stereocenters. The summed E-state index contributed by atoms with van der Waals surface area (Å²) in [6.45, 7) is 1.66. The van der Waals surface area contributed by atoms with Crippen molar-refractivity contribution in [3.05, 3.63) is 95.3 Å². The average molecular weight is 444 g/mol. The summed E-state index contributed by atoms with van der Waals surface area (Å²) in [6.07, 6.45) is 1.42. The molecule has 3 aromatic carbocycles. The van der Waals surface area contributed by atoms with E-state index in [0.717, 1.165) is 5.56 Å². The quantitative estimate of drug-likeness (QED) is 0.311. The van der Waals surface area contributed by atoms with Gasteiger partial charge in [-0.25, -0.2) is 9.82 Å². The van der Waals surface area contributed by atoms with Crippen molar-refractivity contribution in [1.82, 2.24) is 5.43 Å². The second-order valence-electron chi connectivity index (χ2n) is 7.05. The second-order valence-corrected chi connectivity index (χ2v) is 7.05. The van der Waals surface area contributed by atoms with Crippen LogP contribution in [0.2, 0.25) is 0 Å². The molecule has 7 nitrogen and oxygen atoms in total. The molecular formula is C25H21FN4O3. The topological polar surface area (TPSA) is 104 Å². The molecule has 0 saturated carbocycles. The molecule has 0 aliphatic heterocycles. The molecule has 0 aromatic heterocycles. The largest absolute Gasteiger partial charge is 0.489 e. The molecule has 0 radical (unpaired) electrons. The van der Waals surface area contributed by atoms with Crippen LogP contribution in [0, 0.1) is 23.1 Å². The number of benzene rings is 3. The second kappa shape index (κ2) is 11.2. The lowest BCUT2D eigenvalue weighted by Gasteiger charge is -2.11. The van der Waals surface area contributed by atoms with Gasteiger partial charge in [-0.2, -0.15) is 10.4 Å². The van der Waals surface area contributed by atoms with Crippen molar-refractivity contribution in [2.24, 2.45) is 11.0 Å². The van der Waals surface area contributed by atoms with Crippen LogP contribution >= 0.6 is 0 Å². The number of rotatable bonds is 8. The summed E-state index contributed by atoms with van der Waals surface area (Å²) in [5.41, 5.74) is 4.36. The fraction of sp³-hybridized carbons (Fsp3) is 0.120. The molecule has 3 rings (SSSR count). The third-order valence-electron chi connectivity index (χ3n) is 4.72. The van der Waals surface area contributed by atoms with E-state index < -0.39 is 23.5 Å². The molecule has 0 saturated heterocycles. The van der Waals surface area contributed by atoms with Gasteiger partial charge in [0.1, 0.15) is 24.1 Å². The smallest absolute Gasteiger partial charge is 0.252 e. The van der Waals surface area contributed by atoms with E-state index in [-0.39, 0.29) is 12.3 Å². The zero-order valence-electron chi connectivity index (χ0n) is 17.8. The van der Waals surface area contributed by atoms with Gasteiger partial charge in [-0.05, 0) is 55.0 Å². The highest BCUT2D eigenvalue weighted by Crippen LogP contribution is 2.16. The van der Waals surface area contributed by atoms with Gasteiger partial charge >= 0.3 is 0 Å². The molecular weight excluding hydrogens is 423 g/mol. The first kappa shape index (κ1) is 23.2. The van der Waals surface area contributed by atoms with Gasteiger partial charge in [0.05, 0.1) is 23.5 Å². The third-order valence-corrected chi connectivity index (χ3v) is 4.72. The van der Waals surface area contributed by atoms with E-state index in [1.807, 2.05) is 12.1 Å². The summed E-state index contributed by atoms with van der Waals surface area (Å²) in [6, 6.07) is 22.0. The van der Waals surface area contributed by atoms with Crippen molar-refractivity contribution < 1.29 is 18.7 Å². The number of carbonyl (C=O) groups is 2. The molecule has 0 aliphatic carbocycles. The summed E-state index contributed by atoms with van der Waals surface area (Å²) in [4.78, 5) is 24.3. The zero-order valence-corrected chi connectivity index (χ0v) is 17.8. The summed E-state index contributed by atoms with van der Waals surface area (Å²) in [5.74, 6) is -2.32. The summed E-state index contributed by atoms with van der Waals surface area (Å²) >= 11 is 0. The number of para-hydroxylation sites is 1. The molecule has 3 aromatic rings. The predicted molar refractivity (Wildman–Crippen MR) is 122 cm³/mol. The SMILES string of the molecule is CC(C(=O)NN=Cc1ccc(OCc2ccccc2C#N)cc1)C(=O)Nc1ccccc1F. The Labute approximate surface area is 190 Å². The number of halogens is 1. The molecule has 1 unspecified atom stereocenters. The maximum atomic E-state index is 13.6. The summed E-state index contributed by atoms with van der Waals surface area (Å²) < 4.78 is 19.4. The minimum atomic E-state index is -1.08. The van der Waals surface area contributed by atoms with Gasteiger partial charge in [-0.15, -0.1) is 0 Å².